The van der Waals surface area contributed by atoms with Crippen LogP contribution in [0.15, 0.2) is 18.2 Å². The Labute approximate surface area is 157 Å². The Bertz CT molecular complexity index is 599. The van der Waals surface area contributed by atoms with Gasteiger partial charge in [-0.2, -0.15) is 0 Å². The summed E-state index contributed by atoms with van der Waals surface area (Å²) in [7, 11) is 0. The molecule has 1 aromatic rings. The Balaban J connectivity index is 1.50. The van der Waals surface area contributed by atoms with Crippen molar-refractivity contribution in [2.24, 2.45) is 0 Å². The zero-order valence-corrected chi connectivity index (χ0v) is 16.2. The number of carbonyl (C=O) groups is 1. The maximum Gasteiger partial charge on any atom is 0.260 e. The summed E-state index contributed by atoms with van der Waals surface area (Å²) in [4.78, 5) is 17.3. The summed E-state index contributed by atoms with van der Waals surface area (Å²) in [5.74, 6) is 0.901. The Morgan fingerprint density at radius 3 is 2.73 bits per heavy atom. The van der Waals surface area contributed by atoms with Crippen LogP contribution in [0.25, 0.3) is 0 Å². The minimum Gasteiger partial charge on any atom is -0.484 e. The van der Waals surface area contributed by atoms with E-state index in [0.717, 1.165) is 64.4 Å². The number of morpholine rings is 1. The van der Waals surface area contributed by atoms with Crippen molar-refractivity contribution in [3.63, 3.8) is 0 Å². The van der Waals surface area contributed by atoms with E-state index in [1.807, 2.05) is 18.2 Å². The Kier molecular flexibility index (Phi) is 6.92. The molecule has 0 unspecified atom stereocenters. The van der Waals surface area contributed by atoms with Gasteiger partial charge in [-0.25, -0.2) is 0 Å². The van der Waals surface area contributed by atoms with Crippen LogP contribution < -0.4 is 4.74 Å². The number of aryl methyl sites for hydroxylation is 2. The van der Waals surface area contributed by atoms with Gasteiger partial charge < -0.3 is 14.4 Å². The largest absolute Gasteiger partial charge is 0.484 e. The van der Waals surface area contributed by atoms with Crippen LogP contribution >= 0.6 is 0 Å². The molecule has 1 atom stereocenters. The van der Waals surface area contributed by atoms with E-state index in [1.54, 1.807) is 0 Å². The molecule has 3 rings (SSSR count). The second-order valence-electron chi connectivity index (χ2n) is 7.51. The summed E-state index contributed by atoms with van der Waals surface area (Å²) in [6.45, 7) is 9.88. The van der Waals surface area contributed by atoms with E-state index >= 15 is 0 Å². The number of likely N-dealkylation sites (tertiary alicyclic amines) is 1. The summed E-state index contributed by atoms with van der Waals surface area (Å²) in [6, 6.07) is 6.35. The molecular formula is C21H32N2O3. The minimum absolute atomic E-state index is 0.120. The molecule has 0 saturated carbocycles. The molecule has 2 aliphatic rings. The van der Waals surface area contributed by atoms with Gasteiger partial charge in [0, 0.05) is 32.2 Å². The van der Waals surface area contributed by atoms with E-state index in [4.69, 9.17) is 9.47 Å². The van der Waals surface area contributed by atoms with Crippen molar-refractivity contribution >= 4 is 5.91 Å². The summed E-state index contributed by atoms with van der Waals surface area (Å²) >= 11 is 0. The summed E-state index contributed by atoms with van der Waals surface area (Å²) in [5, 5.41) is 0. The number of ether oxygens (including phenoxy) is 2. The molecule has 5 nitrogen and oxygen atoms in total. The van der Waals surface area contributed by atoms with Gasteiger partial charge in [0.15, 0.2) is 6.61 Å². The maximum absolute atomic E-state index is 12.8. The summed E-state index contributed by atoms with van der Waals surface area (Å²) in [6.07, 6.45) is 4.48. The molecule has 0 aromatic heterocycles. The lowest BCUT2D eigenvalue weighted by Gasteiger charge is -2.37. The number of hydrogen-bond acceptors (Lipinski definition) is 4. The fourth-order valence-electron chi connectivity index (χ4n) is 3.82. The molecule has 2 fully saturated rings. The van der Waals surface area contributed by atoms with Crippen LogP contribution in [0, 0.1) is 13.8 Å². The third-order valence-corrected chi connectivity index (χ3v) is 5.67. The van der Waals surface area contributed by atoms with Crippen molar-refractivity contribution in [3.8, 4) is 5.75 Å². The molecule has 0 N–H and O–H groups in total. The number of amides is 1. The molecule has 5 heteroatoms. The fourth-order valence-corrected chi connectivity index (χ4v) is 3.82. The van der Waals surface area contributed by atoms with E-state index in [0.29, 0.717) is 6.04 Å². The maximum atomic E-state index is 12.8. The highest BCUT2D eigenvalue weighted by atomic mass is 16.5. The zero-order chi connectivity index (χ0) is 18.4. The van der Waals surface area contributed by atoms with E-state index in [1.165, 1.54) is 17.5 Å². The van der Waals surface area contributed by atoms with E-state index in [9.17, 15) is 4.79 Å². The third kappa shape index (κ3) is 5.21. The van der Waals surface area contributed by atoms with Gasteiger partial charge in [0.1, 0.15) is 5.75 Å². The number of nitrogens with zero attached hydrogens (tertiary/aromatic N) is 2. The lowest BCUT2D eigenvalue weighted by molar-refractivity contribution is -0.137. The normalized spacial score (nSPS) is 21.6. The number of rotatable bonds is 6. The van der Waals surface area contributed by atoms with E-state index in [-0.39, 0.29) is 12.5 Å². The molecule has 1 aromatic carbocycles. The van der Waals surface area contributed by atoms with Gasteiger partial charge in [-0.05, 0) is 62.8 Å². The molecule has 0 spiro atoms. The second kappa shape index (κ2) is 9.38. The van der Waals surface area contributed by atoms with Crippen LogP contribution in [0.2, 0.25) is 0 Å². The predicted octanol–water partition coefficient (Wildman–Crippen LogP) is 2.79. The van der Waals surface area contributed by atoms with Gasteiger partial charge in [0.25, 0.3) is 5.91 Å². The first-order valence-corrected chi connectivity index (χ1v) is 9.93. The SMILES string of the molecule is Cc1ccc(OCC(=O)N2CCCC[C@H]2CCN2CCOCC2)cc1C. The van der Waals surface area contributed by atoms with Gasteiger partial charge in [-0.15, -0.1) is 0 Å². The van der Waals surface area contributed by atoms with E-state index in [2.05, 4.69) is 23.6 Å². The van der Waals surface area contributed by atoms with Gasteiger partial charge >= 0.3 is 0 Å². The van der Waals surface area contributed by atoms with Crippen LogP contribution in [-0.2, 0) is 9.53 Å². The number of piperidine rings is 1. The monoisotopic (exact) mass is 360 g/mol. The van der Waals surface area contributed by atoms with Crippen LogP contribution in [0.3, 0.4) is 0 Å². The zero-order valence-electron chi connectivity index (χ0n) is 16.2. The molecule has 0 radical (unpaired) electrons. The molecule has 0 aliphatic carbocycles. The Morgan fingerprint density at radius 2 is 1.96 bits per heavy atom. The third-order valence-electron chi connectivity index (χ3n) is 5.67. The molecule has 1 amide bonds. The Hall–Kier alpha value is -1.59. The lowest BCUT2D eigenvalue weighted by Crippen LogP contribution is -2.47. The molecule has 2 heterocycles. The number of carbonyl (C=O) groups excluding carboxylic acids is 1. The second-order valence-corrected chi connectivity index (χ2v) is 7.51. The van der Waals surface area contributed by atoms with Crippen molar-refractivity contribution in [2.45, 2.75) is 45.6 Å². The average molecular weight is 360 g/mol. The van der Waals surface area contributed by atoms with E-state index < -0.39 is 0 Å². The van der Waals surface area contributed by atoms with Crippen LogP contribution in [-0.4, -0.2) is 67.7 Å². The average Bonchev–Trinajstić information content (AvgIpc) is 2.68. The topological polar surface area (TPSA) is 42.0 Å². The molecule has 0 bridgehead atoms. The van der Waals surface area contributed by atoms with Gasteiger partial charge in [-0.1, -0.05) is 6.07 Å². The minimum atomic E-state index is 0.120. The van der Waals surface area contributed by atoms with Crippen LogP contribution in [0.1, 0.15) is 36.8 Å². The molecule has 2 aliphatic heterocycles. The van der Waals surface area contributed by atoms with Crippen molar-refractivity contribution in [1.29, 1.82) is 0 Å². The first-order valence-electron chi connectivity index (χ1n) is 9.93. The number of benzene rings is 1. The van der Waals surface area contributed by atoms with Crippen molar-refractivity contribution < 1.29 is 14.3 Å². The highest BCUT2D eigenvalue weighted by Crippen LogP contribution is 2.21. The van der Waals surface area contributed by atoms with Gasteiger partial charge in [0.05, 0.1) is 13.2 Å². The lowest BCUT2D eigenvalue weighted by atomic mass is 9.99. The van der Waals surface area contributed by atoms with Gasteiger partial charge in [-0.3, -0.25) is 9.69 Å². The Morgan fingerprint density at radius 1 is 1.15 bits per heavy atom. The standard InChI is InChI=1S/C21H32N2O3/c1-17-6-7-20(15-18(17)2)26-16-21(24)23-9-4-3-5-19(23)8-10-22-11-13-25-14-12-22/h6-7,15,19H,3-5,8-14,16H2,1-2H3/t19-/m0/s1. The molecule has 26 heavy (non-hydrogen) atoms. The predicted molar refractivity (Wildman–Crippen MR) is 103 cm³/mol. The van der Waals surface area contributed by atoms with Crippen LogP contribution in [0.5, 0.6) is 5.75 Å². The first kappa shape index (κ1) is 19.2. The molecular weight excluding hydrogens is 328 g/mol. The fraction of sp³-hybridized carbons (Fsp3) is 0.667. The summed E-state index contributed by atoms with van der Waals surface area (Å²) in [5.41, 5.74) is 2.43. The van der Waals surface area contributed by atoms with Gasteiger partial charge in [0.2, 0.25) is 0 Å². The van der Waals surface area contributed by atoms with Crippen molar-refractivity contribution in [2.75, 3.05) is 46.0 Å². The van der Waals surface area contributed by atoms with Crippen molar-refractivity contribution in [1.82, 2.24) is 9.80 Å². The first-order chi connectivity index (χ1) is 12.6. The highest BCUT2D eigenvalue weighted by molar-refractivity contribution is 5.78. The molecule has 144 valence electrons. The smallest absolute Gasteiger partial charge is 0.260 e. The quantitative estimate of drug-likeness (QED) is 0.782. The summed E-state index contributed by atoms with van der Waals surface area (Å²) < 4.78 is 11.2. The molecule has 2 saturated heterocycles. The number of hydrogen-bond donors (Lipinski definition) is 0. The van der Waals surface area contributed by atoms with Crippen molar-refractivity contribution in [3.05, 3.63) is 29.3 Å². The van der Waals surface area contributed by atoms with Crippen LogP contribution in [0.4, 0.5) is 0 Å². The highest BCUT2D eigenvalue weighted by Gasteiger charge is 2.27.